The van der Waals surface area contributed by atoms with Crippen molar-refractivity contribution >= 4 is 17.2 Å². The maximum absolute atomic E-state index is 12.5. The van der Waals surface area contributed by atoms with E-state index in [1.807, 2.05) is 51.3 Å². The Hall–Kier alpha value is -1.59. The van der Waals surface area contributed by atoms with Gasteiger partial charge >= 0.3 is 0 Å². The first kappa shape index (κ1) is 16.8. The molecule has 2 aromatic rings. The number of carbonyl (C=O) groups excluding carboxylic acids is 1. The molecule has 0 aromatic carbocycles. The molecule has 22 heavy (non-hydrogen) atoms. The van der Waals surface area contributed by atoms with E-state index in [1.165, 1.54) is 0 Å². The summed E-state index contributed by atoms with van der Waals surface area (Å²) in [5.41, 5.74) is -1.08. The third-order valence-electron chi connectivity index (χ3n) is 3.92. The number of thiophene rings is 1. The topological polar surface area (TPSA) is 62.5 Å². The zero-order valence-corrected chi connectivity index (χ0v) is 14.5. The number of aliphatic hydroxyl groups is 1. The summed E-state index contributed by atoms with van der Waals surface area (Å²) in [7, 11) is 0. The van der Waals surface area contributed by atoms with E-state index in [4.69, 9.17) is 4.42 Å². The van der Waals surface area contributed by atoms with Gasteiger partial charge in [-0.2, -0.15) is 0 Å². The minimum atomic E-state index is -1.16. The molecule has 5 heteroatoms. The normalized spacial score (nSPS) is 14.6. The summed E-state index contributed by atoms with van der Waals surface area (Å²) in [6.07, 6.45) is 0. The molecule has 0 saturated heterocycles. The molecule has 0 unspecified atom stereocenters. The molecule has 1 atom stereocenters. The quantitative estimate of drug-likeness (QED) is 0.888. The number of rotatable bonds is 5. The Morgan fingerprint density at radius 2 is 2.05 bits per heavy atom. The van der Waals surface area contributed by atoms with Crippen LogP contribution in [0.2, 0.25) is 0 Å². The van der Waals surface area contributed by atoms with Gasteiger partial charge in [0.15, 0.2) is 0 Å². The van der Waals surface area contributed by atoms with Crippen LogP contribution < -0.4 is 5.32 Å². The van der Waals surface area contributed by atoms with E-state index in [9.17, 15) is 9.90 Å². The molecule has 2 aromatic heterocycles. The molecular weight excluding hydrogens is 298 g/mol. The van der Waals surface area contributed by atoms with E-state index >= 15 is 0 Å². The first-order chi connectivity index (χ1) is 10.1. The first-order valence-electron chi connectivity index (χ1n) is 7.27. The lowest BCUT2D eigenvalue weighted by Crippen LogP contribution is -2.45. The summed E-state index contributed by atoms with van der Waals surface area (Å²) < 4.78 is 5.46. The summed E-state index contributed by atoms with van der Waals surface area (Å²) >= 11 is 1.56. The molecule has 2 rings (SSSR count). The molecule has 0 spiro atoms. The number of furan rings is 1. The molecule has 120 valence electrons. The van der Waals surface area contributed by atoms with Gasteiger partial charge in [-0.3, -0.25) is 4.79 Å². The van der Waals surface area contributed by atoms with Gasteiger partial charge in [0.25, 0.3) is 0 Å². The number of hydrogen-bond donors (Lipinski definition) is 2. The second-order valence-electron chi connectivity index (χ2n) is 6.39. The minimum absolute atomic E-state index is 0.104. The summed E-state index contributed by atoms with van der Waals surface area (Å²) in [5, 5.41) is 15.5. The molecule has 0 aliphatic rings. The van der Waals surface area contributed by atoms with Crippen molar-refractivity contribution < 1.29 is 14.3 Å². The van der Waals surface area contributed by atoms with Crippen LogP contribution in [0.25, 0.3) is 0 Å². The molecule has 4 nitrogen and oxygen atoms in total. The Bertz CT molecular complexity index is 654. The fraction of sp³-hybridized carbons (Fsp3) is 0.471. The van der Waals surface area contributed by atoms with Crippen molar-refractivity contribution in [3.8, 4) is 0 Å². The van der Waals surface area contributed by atoms with Crippen molar-refractivity contribution in [1.82, 2.24) is 5.32 Å². The van der Waals surface area contributed by atoms with E-state index in [0.717, 1.165) is 10.6 Å². The molecule has 1 amide bonds. The van der Waals surface area contributed by atoms with Gasteiger partial charge in [-0.05, 0) is 52.1 Å². The van der Waals surface area contributed by atoms with Crippen LogP contribution in [0.5, 0.6) is 0 Å². The van der Waals surface area contributed by atoms with Crippen molar-refractivity contribution in [2.24, 2.45) is 0 Å². The minimum Gasteiger partial charge on any atom is -0.466 e. The fourth-order valence-corrected chi connectivity index (χ4v) is 3.33. The molecule has 0 radical (unpaired) electrons. The van der Waals surface area contributed by atoms with Crippen LogP contribution in [-0.2, 0) is 15.8 Å². The highest BCUT2D eigenvalue weighted by molar-refractivity contribution is 7.10. The van der Waals surface area contributed by atoms with Gasteiger partial charge in [0.2, 0.25) is 5.91 Å². The highest BCUT2D eigenvalue weighted by Gasteiger charge is 2.34. The van der Waals surface area contributed by atoms with Crippen molar-refractivity contribution in [3.63, 3.8) is 0 Å². The molecule has 0 fully saturated rings. The molecule has 0 bridgehead atoms. The number of amides is 1. The van der Waals surface area contributed by atoms with Gasteiger partial charge in [0, 0.05) is 10.4 Å². The third-order valence-corrected chi connectivity index (χ3v) is 5.11. The zero-order chi connectivity index (χ0) is 16.5. The Balaban J connectivity index is 2.09. The van der Waals surface area contributed by atoms with Crippen LogP contribution in [0.3, 0.4) is 0 Å². The van der Waals surface area contributed by atoms with Gasteiger partial charge in [0.05, 0.1) is 12.0 Å². The van der Waals surface area contributed by atoms with Gasteiger partial charge in [-0.15, -0.1) is 11.3 Å². The highest BCUT2D eigenvalue weighted by atomic mass is 32.1. The average molecular weight is 321 g/mol. The van der Waals surface area contributed by atoms with E-state index < -0.39 is 11.0 Å². The Kier molecular flexibility index (Phi) is 4.49. The number of nitrogens with one attached hydrogen (secondary N) is 1. The van der Waals surface area contributed by atoms with Gasteiger partial charge in [-0.25, -0.2) is 0 Å². The van der Waals surface area contributed by atoms with Crippen molar-refractivity contribution in [1.29, 1.82) is 0 Å². The lowest BCUT2D eigenvalue weighted by Gasteiger charge is -2.27. The first-order valence-corrected chi connectivity index (χ1v) is 8.15. The molecule has 0 aliphatic heterocycles. The largest absolute Gasteiger partial charge is 0.466 e. The maximum Gasteiger partial charge on any atom is 0.231 e. The summed E-state index contributed by atoms with van der Waals surface area (Å²) in [6, 6.07) is 5.70. The maximum atomic E-state index is 12.5. The van der Waals surface area contributed by atoms with Crippen molar-refractivity contribution in [2.45, 2.75) is 45.6 Å². The lowest BCUT2D eigenvalue weighted by molar-refractivity contribution is -0.126. The van der Waals surface area contributed by atoms with E-state index in [2.05, 4.69) is 5.32 Å². The number of carbonyl (C=O) groups is 1. The third kappa shape index (κ3) is 3.25. The lowest BCUT2D eigenvalue weighted by atomic mass is 9.89. The van der Waals surface area contributed by atoms with Crippen LogP contribution in [0.15, 0.2) is 28.0 Å². The second kappa shape index (κ2) is 5.89. The van der Waals surface area contributed by atoms with Crippen molar-refractivity contribution in [3.05, 3.63) is 45.5 Å². The summed E-state index contributed by atoms with van der Waals surface area (Å²) in [5.74, 6) is 1.32. The van der Waals surface area contributed by atoms with Crippen LogP contribution in [0.4, 0.5) is 0 Å². The number of aryl methyl sites for hydroxylation is 2. The smallest absolute Gasteiger partial charge is 0.231 e. The average Bonchev–Trinajstić information content (AvgIpc) is 3.06. The predicted molar refractivity (Wildman–Crippen MR) is 88.1 cm³/mol. The Morgan fingerprint density at radius 1 is 1.36 bits per heavy atom. The Morgan fingerprint density at radius 3 is 2.55 bits per heavy atom. The fourth-order valence-electron chi connectivity index (χ4n) is 2.48. The van der Waals surface area contributed by atoms with Crippen LogP contribution in [0, 0.1) is 13.8 Å². The van der Waals surface area contributed by atoms with Crippen molar-refractivity contribution in [2.75, 3.05) is 6.54 Å². The van der Waals surface area contributed by atoms with Crippen LogP contribution >= 0.6 is 11.3 Å². The van der Waals surface area contributed by atoms with Gasteiger partial charge in [-0.1, -0.05) is 6.07 Å². The van der Waals surface area contributed by atoms with E-state index in [-0.39, 0.29) is 12.5 Å². The predicted octanol–water partition coefficient (Wildman–Crippen LogP) is 3.26. The van der Waals surface area contributed by atoms with Crippen LogP contribution in [0.1, 0.15) is 42.7 Å². The van der Waals surface area contributed by atoms with Crippen LogP contribution in [-0.4, -0.2) is 17.6 Å². The monoisotopic (exact) mass is 321 g/mol. The van der Waals surface area contributed by atoms with Gasteiger partial charge < -0.3 is 14.8 Å². The molecule has 0 aliphatic carbocycles. The molecule has 2 heterocycles. The summed E-state index contributed by atoms with van der Waals surface area (Å²) in [6.45, 7) is 9.24. The highest BCUT2D eigenvalue weighted by Crippen LogP contribution is 2.29. The van der Waals surface area contributed by atoms with E-state index in [0.29, 0.717) is 11.3 Å². The second-order valence-corrected chi connectivity index (χ2v) is 7.33. The standard InChI is InChI=1S/C17H23NO3S/c1-11-9-13(12(2)21-11)17(5,20)10-18-15(19)16(3,4)14-7-6-8-22-14/h6-9,20H,10H2,1-5H3,(H,18,19)/t17-/m0/s1. The summed E-state index contributed by atoms with van der Waals surface area (Å²) in [4.78, 5) is 13.5. The molecular formula is C17H23NO3S. The molecule has 0 saturated carbocycles. The zero-order valence-electron chi connectivity index (χ0n) is 13.7. The van der Waals surface area contributed by atoms with E-state index in [1.54, 1.807) is 18.3 Å². The SMILES string of the molecule is Cc1cc([C@@](C)(O)CNC(=O)C(C)(C)c2cccs2)c(C)o1. The number of hydrogen-bond acceptors (Lipinski definition) is 4. The Labute approximate surface area is 135 Å². The molecule has 2 N–H and O–H groups in total. The van der Waals surface area contributed by atoms with Gasteiger partial charge in [0.1, 0.15) is 17.1 Å².